The molecule has 2 aromatic rings. The minimum atomic E-state index is -4.31. The SMILES string of the molecule is CN(C)C(=O)c1ccc(NS(=O)(=O)c2ccc(OCC3CCOCC3)c(C(=O)O)c2)c(F)c1. The van der Waals surface area contributed by atoms with E-state index in [1.165, 1.54) is 37.2 Å². The summed E-state index contributed by atoms with van der Waals surface area (Å²) in [4.78, 5) is 24.6. The van der Waals surface area contributed by atoms with Gasteiger partial charge in [0, 0.05) is 32.9 Å². The normalized spacial score (nSPS) is 14.5. The lowest BCUT2D eigenvalue weighted by molar-refractivity contribution is 0.0490. The molecule has 0 bridgehead atoms. The van der Waals surface area contributed by atoms with E-state index in [2.05, 4.69) is 4.72 Å². The number of carbonyl (C=O) groups is 2. The fraction of sp³-hybridized carbons (Fsp3) is 0.364. The predicted octanol–water partition coefficient (Wildman–Crippen LogP) is 2.83. The Hall–Kier alpha value is -3.18. The smallest absolute Gasteiger partial charge is 0.339 e. The van der Waals surface area contributed by atoms with Gasteiger partial charge in [0.1, 0.15) is 17.1 Å². The van der Waals surface area contributed by atoms with Crippen LogP contribution in [0.5, 0.6) is 5.75 Å². The Morgan fingerprint density at radius 2 is 1.88 bits per heavy atom. The topological polar surface area (TPSA) is 122 Å². The Balaban J connectivity index is 1.80. The van der Waals surface area contributed by atoms with Crippen molar-refractivity contribution in [2.24, 2.45) is 5.92 Å². The first-order valence-corrected chi connectivity index (χ1v) is 11.7. The van der Waals surface area contributed by atoms with Gasteiger partial charge in [-0.1, -0.05) is 0 Å². The highest BCUT2D eigenvalue weighted by molar-refractivity contribution is 7.92. The Bertz CT molecular complexity index is 1150. The van der Waals surface area contributed by atoms with Crippen LogP contribution >= 0.6 is 0 Å². The molecule has 0 aromatic heterocycles. The Labute approximate surface area is 191 Å². The number of hydrogen-bond donors (Lipinski definition) is 2. The van der Waals surface area contributed by atoms with Crippen molar-refractivity contribution in [1.29, 1.82) is 0 Å². The number of aromatic carboxylic acids is 1. The van der Waals surface area contributed by atoms with Gasteiger partial charge >= 0.3 is 5.97 Å². The molecule has 1 aliphatic rings. The fourth-order valence-electron chi connectivity index (χ4n) is 3.28. The second-order valence-electron chi connectivity index (χ2n) is 7.83. The number of halogens is 1. The monoisotopic (exact) mass is 480 g/mol. The van der Waals surface area contributed by atoms with Gasteiger partial charge in [-0.3, -0.25) is 9.52 Å². The minimum absolute atomic E-state index is 0.0469. The molecule has 2 N–H and O–H groups in total. The van der Waals surface area contributed by atoms with Gasteiger partial charge in [0.2, 0.25) is 0 Å². The molecule has 0 spiro atoms. The van der Waals surface area contributed by atoms with Crippen molar-refractivity contribution >= 4 is 27.6 Å². The van der Waals surface area contributed by atoms with Crippen LogP contribution in [0, 0.1) is 11.7 Å². The van der Waals surface area contributed by atoms with Crippen LogP contribution in [0.4, 0.5) is 10.1 Å². The van der Waals surface area contributed by atoms with E-state index in [-0.39, 0.29) is 40.0 Å². The third kappa shape index (κ3) is 5.99. The van der Waals surface area contributed by atoms with Crippen molar-refractivity contribution in [3.05, 3.63) is 53.3 Å². The first kappa shape index (κ1) is 24.5. The van der Waals surface area contributed by atoms with E-state index < -0.39 is 27.7 Å². The number of anilines is 1. The van der Waals surface area contributed by atoms with Crippen LogP contribution < -0.4 is 9.46 Å². The van der Waals surface area contributed by atoms with Gasteiger partial charge in [0.05, 0.1) is 17.2 Å². The van der Waals surface area contributed by atoms with E-state index >= 15 is 0 Å². The molecule has 33 heavy (non-hydrogen) atoms. The van der Waals surface area contributed by atoms with Gasteiger partial charge in [-0.25, -0.2) is 17.6 Å². The number of hydrogen-bond acceptors (Lipinski definition) is 6. The summed E-state index contributed by atoms with van der Waals surface area (Å²) in [7, 11) is -1.30. The molecule has 0 atom stereocenters. The predicted molar refractivity (Wildman–Crippen MR) is 118 cm³/mol. The Kier molecular flexibility index (Phi) is 7.54. The van der Waals surface area contributed by atoms with Crippen molar-refractivity contribution < 1.29 is 37.0 Å². The van der Waals surface area contributed by atoms with E-state index in [1.54, 1.807) is 0 Å². The van der Waals surface area contributed by atoms with Crippen LogP contribution in [0.2, 0.25) is 0 Å². The molecule has 9 nitrogen and oxygen atoms in total. The molecular formula is C22H25FN2O7S. The van der Waals surface area contributed by atoms with Crippen LogP contribution in [-0.2, 0) is 14.8 Å². The lowest BCUT2D eigenvalue weighted by Gasteiger charge is -2.22. The highest BCUT2D eigenvalue weighted by Gasteiger charge is 2.23. The van der Waals surface area contributed by atoms with E-state index in [0.717, 1.165) is 31.0 Å². The van der Waals surface area contributed by atoms with Gasteiger partial charge in [-0.05, 0) is 55.2 Å². The first-order chi connectivity index (χ1) is 15.6. The van der Waals surface area contributed by atoms with Crippen molar-refractivity contribution in [1.82, 2.24) is 4.90 Å². The van der Waals surface area contributed by atoms with E-state index in [4.69, 9.17) is 9.47 Å². The number of rotatable bonds is 8. The molecule has 0 aliphatic carbocycles. The second-order valence-corrected chi connectivity index (χ2v) is 9.51. The summed E-state index contributed by atoms with van der Waals surface area (Å²) in [5.41, 5.74) is -0.640. The van der Waals surface area contributed by atoms with E-state index in [0.29, 0.717) is 13.2 Å². The third-order valence-electron chi connectivity index (χ3n) is 5.17. The Morgan fingerprint density at radius 1 is 1.18 bits per heavy atom. The zero-order valence-electron chi connectivity index (χ0n) is 18.2. The number of carboxylic acids is 1. The summed E-state index contributed by atoms with van der Waals surface area (Å²) in [5, 5.41) is 9.54. The van der Waals surface area contributed by atoms with Crippen molar-refractivity contribution in [3.8, 4) is 5.75 Å². The minimum Gasteiger partial charge on any atom is -0.492 e. The molecule has 2 aromatic carbocycles. The Morgan fingerprint density at radius 3 is 2.48 bits per heavy atom. The van der Waals surface area contributed by atoms with Crippen molar-refractivity contribution in [2.75, 3.05) is 38.6 Å². The standard InChI is InChI=1S/C22H25FN2O7S/c1-25(2)21(26)15-3-5-19(18(23)11-15)24-33(29,30)16-4-6-20(17(12-16)22(27)28)32-13-14-7-9-31-10-8-14/h3-6,11-12,14,24H,7-10,13H2,1-2H3,(H,27,28). The van der Waals surface area contributed by atoms with E-state index in [1.807, 2.05) is 0 Å². The summed E-state index contributed by atoms with van der Waals surface area (Å²) in [5.74, 6) is -2.47. The average Bonchev–Trinajstić information content (AvgIpc) is 2.78. The molecule has 1 amide bonds. The maximum Gasteiger partial charge on any atom is 0.339 e. The van der Waals surface area contributed by atoms with Gasteiger partial charge in [-0.15, -0.1) is 0 Å². The van der Waals surface area contributed by atoms with E-state index in [9.17, 15) is 27.5 Å². The quantitative estimate of drug-likeness (QED) is 0.596. The van der Waals surface area contributed by atoms with Gasteiger partial charge in [0.15, 0.2) is 0 Å². The maximum absolute atomic E-state index is 14.4. The number of ether oxygens (including phenoxy) is 2. The molecule has 178 valence electrons. The highest BCUT2D eigenvalue weighted by Crippen LogP contribution is 2.27. The number of benzene rings is 2. The summed E-state index contributed by atoms with van der Waals surface area (Å²) < 4.78 is 53.0. The molecule has 1 fully saturated rings. The van der Waals surface area contributed by atoms with Crippen LogP contribution in [0.3, 0.4) is 0 Å². The molecule has 1 heterocycles. The number of amides is 1. The molecule has 11 heteroatoms. The molecule has 0 saturated carbocycles. The maximum atomic E-state index is 14.4. The van der Waals surface area contributed by atoms with Crippen LogP contribution in [0.25, 0.3) is 0 Å². The number of nitrogens with zero attached hydrogens (tertiary/aromatic N) is 1. The summed E-state index contributed by atoms with van der Waals surface area (Å²) in [6.07, 6.45) is 1.59. The second kappa shape index (κ2) is 10.2. The largest absolute Gasteiger partial charge is 0.492 e. The summed E-state index contributed by atoms with van der Waals surface area (Å²) >= 11 is 0. The number of carbonyl (C=O) groups excluding carboxylic acids is 1. The molecule has 0 unspecified atom stereocenters. The fourth-order valence-corrected chi connectivity index (χ4v) is 4.38. The lowest BCUT2D eigenvalue weighted by Crippen LogP contribution is -2.22. The lowest BCUT2D eigenvalue weighted by atomic mass is 10.0. The van der Waals surface area contributed by atoms with Gasteiger partial charge < -0.3 is 19.5 Å². The van der Waals surface area contributed by atoms with Crippen molar-refractivity contribution in [3.63, 3.8) is 0 Å². The molecule has 1 saturated heterocycles. The van der Waals surface area contributed by atoms with Crippen LogP contribution in [0.1, 0.15) is 33.6 Å². The zero-order valence-corrected chi connectivity index (χ0v) is 19.0. The number of sulfonamides is 1. The van der Waals surface area contributed by atoms with Gasteiger partial charge in [-0.2, -0.15) is 0 Å². The van der Waals surface area contributed by atoms with Gasteiger partial charge in [0.25, 0.3) is 15.9 Å². The van der Waals surface area contributed by atoms with Crippen LogP contribution in [0.15, 0.2) is 41.3 Å². The van der Waals surface area contributed by atoms with Crippen molar-refractivity contribution in [2.45, 2.75) is 17.7 Å². The first-order valence-electron chi connectivity index (χ1n) is 10.2. The number of nitrogens with one attached hydrogen (secondary N) is 1. The van der Waals surface area contributed by atoms with Crippen LogP contribution in [-0.4, -0.2) is 64.2 Å². The molecule has 1 aliphatic heterocycles. The molecule has 3 rings (SSSR count). The molecule has 0 radical (unpaired) electrons. The summed E-state index contributed by atoms with van der Waals surface area (Å²) in [6.45, 7) is 1.52. The average molecular weight is 481 g/mol. The third-order valence-corrected chi connectivity index (χ3v) is 6.54. The summed E-state index contributed by atoms with van der Waals surface area (Å²) in [6, 6.07) is 6.77. The zero-order chi connectivity index (χ0) is 24.2. The molecular weight excluding hydrogens is 455 g/mol. The highest BCUT2D eigenvalue weighted by atomic mass is 32.2. The number of carboxylic acid groups (broad SMARTS) is 1.